The van der Waals surface area contributed by atoms with Crippen LogP contribution in [0.4, 0.5) is 13.2 Å². The maximum Gasteiger partial charge on any atom is 0.416 e. The number of benzene rings is 2. The van der Waals surface area contributed by atoms with Crippen LogP contribution in [0, 0.1) is 0 Å². The molecule has 0 radical (unpaired) electrons. The molecule has 3 aliphatic heterocycles. The number of carbonyl (C=O) groups excluding carboxylic acids is 2. The number of morpholine rings is 1. The summed E-state index contributed by atoms with van der Waals surface area (Å²) in [5.41, 5.74) is 0.00225. The summed E-state index contributed by atoms with van der Waals surface area (Å²) in [5, 5.41) is 0. The number of rotatable bonds is 4. The van der Waals surface area contributed by atoms with Crippen LogP contribution in [0.1, 0.15) is 26.3 Å². The summed E-state index contributed by atoms with van der Waals surface area (Å²) in [6.45, 7) is 4.32. The van der Waals surface area contributed by atoms with Gasteiger partial charge < -0.3 is 24.0 Å². The van der Waals surface area contributed by atoms with Gasteiger partial charge in [0.2, 0.25) is 6.79 Å². The quantitative estimate of drug-likeness (QED) is 0.637. The number of fused-ring (bicyclic) bond motifs is 1. The largest absolute Gasteiger partial charge is 0.454 e. The third-order valence-electron chi connectivity index (χ3n) is 6.63. The molecule has 0 spiro atoms. The lowest BCUT2D eigenvalue weighted by atomic mass is 10.1. The van der Waals surface area contributed by atoms with E-state index in [0.29, 0.717) is 69.5 Å². The standard InChI is InChI=1S/C25H26F3N3O5/c26-25(27,28)19-4-1-17(2-5-19)23(32)30-9-7-29(8-10-30)14-20-15-31(11-12-34-20)24(33)18-3-6-21-22(13-18)36-16-35-21/h1-6,13,20H,7-12,14-16H2. The number of piperazine rings is 1. The molecule has 2 fully saturated rings. The molecule has 8 nitrogen and oxygen atoms in total. The average molecular weight is 505 g/mol. The molecule has 192 valence electrons. The van der Waals surface area contributed by atoms with Gasteiger partial charge in [0.15, 0.2) is 11.5 Å². The van der Waals surface area contributed by atoms with E-state index in [1.165, 1.54) is 12.1 Å². The molecule has 2 amide bonds. The summed E-state index contributed by atoms with van der Waals surface area (Å²) in [7, 11) is 0. The Morgan fingerprint density at radius 2 is 1.50 bits per heavy atom. The number of alkyl halides is 3. The van der Waals surface area contributed by atoms with Gasteiger partial charge in [-0.05, 0) is 42.5 Å². The normalized spacial score (nSPS) is 20.5. The summed E-state index contributed by atoms with van der Waals surface area (Å²) >= 11 is 0. The number of halogens is 3. The van der Waals surface area contributed by atoms with E-state index in [4.69, 9.17) is 14.2 Å². The fraction of sp³-hybridized carbons (Fsp3) is 0.440. The highest BCUT2D eigenvalue weighted by Crippen LogP contribution is 2.33. The molecular weight excluding hydrogens is 479 g/mol. The Labute approximate surface area is 206 Å². The summed E-state index contributed by atoms with van der Waals surface area (Å²) in [5.74, 6) is 0.822. The van der Waals surface area contributed by atoms with Crippen molar-refractivity contribution >= 4 is 11.8 Å². The van der Waals surface area contributed by atoms with Gasteiger partial charge in [-0.25, -0.2) is 0 Å². The molecule has 0 bridgehead atoms. The zero-order valence-electron chi connectivity index (χ0n) is 19.5. The molecular formula is C25H26F3N3O5. The molecule has 36 heavy (non-hydrogen) atoms. The van der Waals surface area contributed by atoms with Crippen molar-refractivity contribution in [2.45, 2.75) is 12.3 Å². The molecule has 2 aromatic carbocycles. The summed E-state index contributed by atoms with van der Waals surface area (Å²) in [6.07, 6.45) is -4.59. The van der Waals surface area contributed by atoms with Crippen molar-refractivity contribution in [2.75, 3.05) is 59.2 Å². The first-order chi connectivity index (χ1) is 17.3. The van der Waals surface area contributed by atoms with Gasteiger partial charge >= 0.3 is 6.18 Å². The van der Waals surface area contributed by atoms with Crippen molar-refractivity contribution in [1.29, 1.82) is 0 Å². The number of ether oxygens (including phenoxy) is 3. The minimum Gasteiger partial charge on any atom is -0.454 e. The van der Waals surface area contributed by atoms with Gasteiger partial charge in [0, 0.05) is 56.9 Å². The highest BCUT2D eigenvalue weighted by molar-refractivity contribution is 5.95. The second-order valence-electron chi connectivity index (χ2n) is 8.98. The Morgan fingerprint density at radius 3 is 2.22 bits per heavy atom. The summed E-state index contributed by atoms with van der Waals surface area (Å²) < 4.78 is 54.9. The second-order valence-corrected chi connectivity index (χ2v) is 8.98. The van der Waals surface area contributed by atoms with Gasteiger partial charge in [0.05, 0.1) is 18.3 Å². The van der Waals surface area contributed by atoms with Crippen molar-refractivity contribution < 1.29 is 37.0 Å². The van der Waals surface area contributed by atoms with E-state index in [2.05, 4.69) is 4.90 Å². The van der Waals surface area contributed by atoms with Crippen molar-refractivity contribution in [3.05, 3.63) is 59.2 Å². The number of amides is 2. The molecule has 2 saturated heterocycles. The van der Waals surface area contributed by atoms with E-state index >= 15 is 0 Å². The highest BCUT2D eigenvalue weighted by atomic mass is 19.4. The van der Waals surface area contributed by atoms with E-state index in [-0.39, 0.29) is 30.3 Å². The number of carbonyl (C=O) groups is 2. The Hall–Kier alpha value is -3.31. The van der Waals surface area contributed by atoms with Crippen LogP contribution < -0.4 is 9.47 Å². The van der Waals surface area contributed by atoms with E-state index < -0.39 is 11.7 Å². The third kappa shape index (κ3) is 5.26. The summed E-state index contributed by atoms with van der Waals surface area (Å²) in [6, 6.07) is 9.47. The van der Waals surface area contributed by atoms with Crippen LogP contribution in [0.15, 0.2) is 42.5 Å². The van der Waals surface area contributed by atoms with E-state index in [1.807, 2.05) is 0 Å². The number of hydrogen-bond donors (Lipinski definition) is 0. The molecule has 3 heterocycles. The molecule has 0 aliphatic carbocycles. The maximum absolute atomic E-state index is 13.0. The van der Waals surface area contributed by atoms with Gasteiger partial charge in [-0.15, -0.1) is 0 Å². The van der Waals surface area contributed by atoms with Crippen LogP contribution >= 0.6 is 0 Å². The first-order valence-electron chi connectivity index (χ1n) is 11.8. The van der Waals surface area contributed by atoms with Crippen LogP contribution in [0.2, 0.25) is 0 Å². The number of hydrogen-bond acceptors (Lipinski definition) is 6. The third-order valence-corrected chi connectivity index (χ3v) is 6.63. The summed E-state index contributed by atoms with van der Waals surface area (Å²) in [4.78, 5) is 31.3. The van der Waals surface area contributed by atoms with Crippen molar-refractivity contribution in [1.82, 2.24) is 14.7 Å². The molecule has 3 aliphatic rings. The fourth-order valence-corrected chi connectivity index (χ4v) is 4.63. The van der Waals surface area contributed by atoms with E-state index in [1.54, 1.807) is 28.0 Å². The predicted octanol–water partition coefficient (Wildman–Crippen LogP) is 2.73. The van der Waals surface area contributed by atoms with Crippen LogP contribution in [0.25, 0.3) is 0 Å². The highest BCUT2D eigenvalue weighted by Gasteiger charge is 2.32. The van der Waals surface area contributed by atoms with Gasteiger partial charge in [-0.2, -0.15) is 13.2 Å². The SMILES string of the molecule is O=C(c1ccc(C(F)(F)F)cc1)N1CCN(CC2CN(C(=O)c3ccc4c(c3)OCO4)CCO2)CC1. The predicted molar refractivity (Wildman–Crippen MR) is 122 cm³/mol. The number of nitrogens with zero attached hydrogens (tertiary/aromatic N) is 3. The Balaban J connectivity index is 1.12. The van der Waals surface area contributed by atoms with Crippen molar-refractivity contribution in [3.8, 4) is 11.5 Å². The smallest absolute Gasteiger partial charge is 0.416 e. The van der Waals surface area contributed by atoms with E-state index in [9.17, 15) is 22.8 Å². The average Bonchev–Trinajstić information content (AvgIpc) is 3.36. The molecule has 0 aromatic heterocycles. The molecule has 11 heteroatoms. The first kappa shape index (κ1) is 24.4. The second kappa shape index (κ2) is 9.98. The molecule has 1 unspecified atom stereocenters. The Kier molecular flexibility index (Phi) is 6.76. The van der Waals surface area contributed by atoms with Crippen LogP contribution in [-0.2, 0) is 10.9 Å². The topological polar surface area (TPSA) is 71.6 Å². The van der Waals surface area contributed by atoms with Gasteiger partial charge in [0.1, 0.15) is 0 Å². The monoisotopic (exact) mass is 505 g/mol. The molecule has 0 N–H and O–H groups in total. The van der Waals surface area contributed by atoms with Crippen molar-refractivity contribution in [3.63, 3.8) is 0 Å². The molecule has 1 atom stereocenters. The van der Waals surface area contributed by atoms with Gasteiger partial charge in [-0.3, -0.25) is 14.5 Å². The molecule has 2 aromatic rings. The fourth-order valence-electron chi connectivity index (χ4n) is 4.63. The van der Waals surface area contributed by atoms with Crippen LogP contribution in [0.5, 0.6) is 11.5 Å². The van der Waals surface area contributed by atoms with Crippen LogP contribution in [-0.4, -0.2) is 91.8 Å². The minimum absolute atomic E-state index is 0.0893. The van der Waals surface area contributed by atoms with Crippen molar-refractivity contribution in [2.24, 2.45) is 0 Å². The Morgan fingerprint density at radius 1 is 0.833 bits per heavy atom. The lowest BCUT2D eigenvalue weighted by molar-refractivity contribution is -0.137. The molecule has 5 rings (SSSR count). The zero-order chi connectivity index (χ0) is 25.3. The minimum atomic E-state index is -4.43. The van der Waals surface area contributed by atoms with Gasteiger partial charge in [-0.1, -0.05) is 0 Å². The Bertz CT molecular complexity index is 1120. The van der Waals surface area contributed by atoms with Crippen LogP contribution in [0.3, 0.4) is 0 Å². The zero-order valence-corrected chi connectivity index (χ0v) is 19.5. The van der Waals surface area contributed by atoms with Gasteiger partial charge in [0.25, 0.3) is 11.8 Å². The first-order valence-corrected chi connectivity index (χ1v) is 11.8. The maximum atomic E-state index is 13.0. The lowest BCUT2D eigenvalue weighted by Crippen LogP contribution is -2.54. The van der Waals surface area contributed by atoms with E-state index in [0.717, 1.165) is 12.1 Å². The lowest BCUT2D eigenvalue weighted by Gasteiger charge is -2.39. The molecule has 0 saturated carbocycles.